The maximum atomic E-state index is 14.6. The summed E-state index contributed by atoms with van der Waals surface area (Å²) >= 11 is 0. The average molecular weight is 356 g/mol. The summed E-state index contributed by atoms with van der Waals surface area (Å²) in [6, 6.07) is 0.864. The summed E-state index contributed by atoms with van der Waals surface area (Å²) in [5, 5.41) is 11.2. The number of nitrogens with zero attached hydrogens (tertiary/aromatic N) is 1. The number of aromatic nitrogens is 1. The van der Waals surface area contributed by atoms with Gasteiger partial charge in [-0.15, -0.1) is 0 Å². The number of hydrogen-bond donors (Lipinski definition) is 1. The molecule has 1 saturated carbocycles. The van der Waals surface area contributed by atoms with E-state index >= 15 is 0 Å². The number of carbonyl (C=O) groups excluding carboxylic acids is 1. The molecule has 1 aromatic carbocycles. The number of pyridine rings is 1. The van der Waals surface area contributed by atoms with Gasteiger partial charge in [0.15, 0.2) is 11.2 Å². The van der Waals surface area contributed by atoms with Crippen molar-refractivity contribution >= 4 is 16.9 Å². The molecule has 120 valence electrons. The summed E-state index contributed by atoms with van der Waals surface area (Å²) in [5.74, 6) is -1.97. The maximum absolute atomic E-state index is 14.6. The Kier molecular flexibility index (Phi) is 4.43. The van der Waals surface area contributed by atoms with Crippen molar-refractivity contribution in [2.24, 2.45) is 5.73 Å². The van der Waals surface area contributed by atoms with Crippen LogP contribution in [0.15, 0.2) is 17.1 Å². The third-order valence-corrected chi connectivity index (χ3v) is 4.67. The van der Waals surface area contributed by atoms with Gasteiger partial charge in [0.1, 0.15) is 12.4 Å². The molecule has 0 radical (unpaired) electrons. The van der Waals surface area contributed by atoms with Crippen LogP contribution in [-0.2, 0) is 5.54 Å². The maximum Gasteiger partial charge on any atom is 1.00 e. The number of benzene rings is 1. The predicted molar refractivity (Wildman–Crippen MR) is 77.8 cm³/mol. The Labute approximate surface area is 179 Å². The second-order valence-corrected chi connectivity index (χ2v) is 6.34. The van der Waals surface area contributed by atoms with E-state index < -0.39 is 28.3 Å². The van der Waals surface area contributed by atoms with Crippen molar-refractivity contribution in [3.8, 4) is 5.75 Å². The molecular formula is C16H14FKN2O4. The van der Waals surface area contributed by atoms with E-state index in [0.29, 0.717) is 18.4 Å². The molecular weight excluding hydrogens is 342 g/mol. The van der Waals surface area contributed by atoms with Crippen molar-refractivity contribution in [2.45, 2.75) is 31.3 Å². The Morgan fingerprint density at radius 2 is 2.17 bits per heavy atom. The van der Waals surface area contributed by atoms with Gasteiger partial charge in [0.05, 0.1) is 34.0 Å². The van der Waals surface area contributed by atoms with Gasteiger partial charge in [-0.25, -0.2) is 4.39 Å². The smallest absolute Gasteiger partial charge is 0.545 e. The zero-order chi connectivity index (χ0) is 16.5. The first-order valence-corrected chi connectivity index (χ1v) is 7.38. The van der Waals surface area contributed by atoms with Crippen LogP contribution in [0.1, 0.15) is 41.7 Å². The number of rotatable bonds is 2. The van der Waals surface area contributed by atoms with E-state index in [9.17, 15) is 19.1 Å². The third kappa shape index (κ3) is 2.48. The van der Waals surface area contributed by atoms with Crippen LogP contribution in [0, 0.1) is 5.82 Å². The van der Waals surface area contributed by atoms with Crippen molar-refractivity contribution in [1.82, 2.24) is 4.57 Å². The average Bonchev–Trinajstić information content (AvgIpc) is 3.22. The van der Waals surface area contributed by atoms with Crippen LogP contribution in [-0.4, -0.2) is 17.1 Å². The number of carbonyl (C=O) groups is 1. The van der Waals surface area contributed by atoms with Gasteiger partial charge in [0, 0.05) is 11.7 Å². The molecule has 1 aromatic heterocycles. The molecule has 0 spiro atoms. The summed E-state index contributed by atoms with van der Waals surface area (Å²) in [6.07, 6.45) is 2.53. The summed E-state index contributed by atoms with van der Waals surface area (Å²) in [5.41, 5.74) is 4.78. The standard InChI is InChI=1S/C16H15FN2O4.K/c1-7-6-23-14-11(16(18)2-3-16)10(17)4-8-12(14)19(7)5-9(13(8)20)15(21)22;/h4-5,7H,2-3,6,18H2,1H3,(H,21,22);/q;+1/p-1/t7-;/m0./s1. The molecule has 2 aromatic rings. The fourth-order valence-corrected chi connectivity index (χ4v) is 3.22. The topological polar surface area (TPSA) is 97.4 Å². The van der Waals surface area contributed by atoms with Crippen LogP contribution in [0.5, 0.6) is 5.75 Å². The summed E-state index contributed by atoms with van der Waals surface area (Å²) < 4.78 is 21.9. The Hall–Kier alpha value is -0.774. The molecule has 1 fully saturated rings. The van der Waals surface area contributed by atoms with E-state index in [2.05, 4.69) is 0 Å². The van der Waals surface area contributed by atoms with E-state index in [1.54, 1.807) is 4.57 Å². The molecule has 0 amide bonds. The van der Waals surface area contributed by atoms with Gasteiger partial charge < -0.3 is 24.9 Å². The van der Waals surface area contributed by atoms with Crippen LogP contribution in [0.25, 0.3) is 10.9 Å². The molecule has 4 rings (SSSR count). The van der Waals surface area contributed by atoms with E-state index in [1.807, 2.05) is 6.92 Å². The van der Waals surface area contributed by atoms with E-state index in [0.717, 1.165) is 6.07 Å². The molecule has 2 aliphatic rings. The number of aromatic carboxylic acids is 1. The van der Waals surface area contributed by atoms with E-state index in [-0.39, 0.29) is 80.7 Å². The van der Waals surface area contributed by atoms with Crippen LogP contribution >= 0.6 is 0 Å². The molecule has 1 aliphatic carbocycles. The number of ether oxygens (including phenoxy) is 1. The van der Waals surface area contributed by atoms with Crippen molar-refractivity contribution in [3.63, 3.8) is 0 Å². The van der Waals surface area contributed by atoms with Crippen LogP contribution in [0.3, 0.4) is 0 Å². The monoisotopic (exact) mass is 356 g/mol. The molecule has 6 nitrogen and oxygen atoms in total. The summed E-state index contributed by atoms with van der Waals surface area (Å²) in [4.78, 5) is 23.6. The fourth-order valence-electron chi connectivity index (χ4n) is 3.22. The van der Waals surface area contributed by atoms with Crippen molar-refractivity contribution in [2.75, 3.05) is 6.61 Å². The Morgan fingerprint density at radius 3 is 2.75 bits per heavy atom. The van der Waals surface area contributed by atoms with Crippen LogP contribution in [0.4, 0.5) is 4.39 Å². The van der Waals surface area contributed by atoms with E-state index in [1.165, 1.54) is 6.20 Å². The van der Waals surface area contributed by atoms with Gasteiger partial charge in [-0.05, 0) is 25.8 Å². The zero-order valence-electron chi connectivity index (χ0n) is 13.4. The van der Waals surface area contributed by atoms with Gasteiger partial charge in [-0.2, -0.15) is 0 Å². The van der Waals surface area contributed by atoms with Gasteiger partial charge in [-0.1, -0.05) is 0 Å². The van der Waals surface area contributed by atoms with Crippen LogP contribution in [0.2, 0.25) is 0 Å². The minimum absolute atomic E-state index is 0. The van der Waals surface area contributed by atoms with Gasteiger partial charge in [0.25, 0.3) is 0 Å². The number of hydrogen-bond acceptors (Lipinski definition) is 5. The number of halogens is 1. The zero-order valence-corrected chi connectivity index (χ0v) is 16.5. The normalized spacial score (nSPS) is 20.2. The molecule has 0 saturated heterocycles. The number of nitrogens with two attached hydrogens (primary N) is 1. The SMILES string of the molecule is C[C@H]1COc2c(C3(N)CC3)c(F)cc3c(=O)c(C(=O)[O-])cn1c23.[K+]. The van der Waals surface area contributed by atoms with Gasteiger partial charge in [0.2, 0.25) is 0 Å². The number of carboxylic acid groups (broad SMARTS) is 1. The van der Waals surface area contributed by atoms with Crippen molar-refractivity contribution in [3.05, 3.63) is 39.4 Å². The second kappa shape index (κ2) is 5.89. The second-order valence-electron chi connectivity index (χ2n) is 6.34. The quantitative estimate of drug-likeness (QED) is 0.596. The van der Waals surface area contributed by atoms with Crippen molar-refractivity contribution < 1.29 is 70.4 Å². The molecule has 24 heavy (non-hydrogen) atoms. The van der Waals surface area contributed by atoms with Gasteiger partial charge >= 0.3 is 51.4 Å². The molecule has 2 N–H and O–H groups in total. The first-order chi connectivity index (χ1) is 10.8. The third-order valence-electron chi connectivity index (χ3n) is 4.67. The minimum atomic E-state index is -1.58. The molecule has 0 bridgehead atoms. The first-order valence-electron chi connectivity index (χ1n) is 7.38. The Bertz CT molecular complexity index is 936. The van der Waals surface area contributed by atoms with Crippen molar-refractivity contribution in [1.29, 1.82) is 0 Å². The Morgan fingerprint density at radius 1 is 1.50 bits per heavy atom. The molecule has 8 heteroatoms. The minimum Gasteiger partial charge on any atom is -0.545 e. The summed E-state index contributed by atoms with van der Waals surface area (Å²) in [7, 11) is 0. The Balaban J connectivity index is 0.00000169. The molecule has 1 aliphatic heterocycles. The molecule has 2 heterocycles. The number of carboxylic acids is 1. The fraction of sp³-hybridized carbons (Fsp3) is 0.375. The predicted octanol–water partition coefficient (Wildman–Crippen LogP) is -2.59. The first kappa shape index (κ1) is 18.0. The summed E-state index contributed by atoms with van der Waals surface area (Å²) in [6.45, 7) is 2.06. The molecule has 1 atom stereocenters. The van der Waals surface area contributed by atoms with Gasteiger partial charge in [-0.3, -0.25) is 4.79 Å². The molecule has 0 unspecified atom stereocenters. The largest absolute Gasteiger partial charge is 1.00 e. The van der Waals surface area contributed by atoms with Crippen LogP contribution < -0.4 is 72.4 Å². The van der Waals surface area contributed by atoms with E-state index in [4.69, 9.17) is 10.5 Å².